The lowest BCUT2D eigenvalue weighted by atomic mass is 9.96. The van der Waals surface area contributed by atoms with Gasteiger partial charge in [0.05, 0.1) is 22.6 Å². The highest BCUT2D eigenvalue weighted by Crippen LogP contribution is 2.46. The molecule has 5 rings (SSSR count). The van der Waals surface area contributed by atoms with Crippen molar-refractivity contribution in [3.8, 4) is 0 Å². The van der Waals surface area contributed by atoms with Crippen LogP contribution < -0.4 is 0 Å². The lowest BCUT2D eigenvalue weighted by Crippen LogP contribution is -2.43. The predicted molar refractivity (Wildman–Crippen MR) is 145 cm³/mol. The van der Waals surface area contributed by atoms with Crippen molar-refractivity contribution in [1.82, 2.24) is 10.0 Å². The smallest absolute Gasteiger partial charge is 0.268 e. The fourth-order valence-corrected chi connectivity index (χ4v) is 5.89. The molecule has 1 saturated heterocycles. The summed E-state index contributed by atoms with van der Waals surface area (Å²) in [4.78, 5) is 24.9. The molecule has 0 spiro atoms. The molecule has 176 valence electrons. The van der Waals surface area contributed by atoms with Gasteiger partial charge < -0.3 is 0 Å². The third-order valence-electron chi connectivity index (χ3n) is 6.29. The number of hydrazine groups is 1. The number of nitro benzene ring substituents is 1. The summed E-state index contributed by atoms with van der Waals surface area (Å²) in [5.41, 5.74) is 3.85. The standard InChI is InChI=1S/C27H22IN3O3S/c28-24-9-5-4-8-23(24)27(32)30-26(20-6-2-1-3-7-20)16-25(29(30)17-19-14-15-35-18-19)21-10-12-22(13-11-21)31(33)34/h1-15,18,25-26H,16-17H2/t25-,26-/m0/s1. The molecular formula is C27H22IN3O3S. The summed E-state index contributed by atoms with van der Waals surface area (Å²) in [6, 6.07) is 26.2. The van der Waals surface area contributed by atoms with Crippen molar-refractivity contribution in [2.45, 2.75) is 25.0 Å². The summed E-state index contributed by atoms with van der Waals surface area (Å²) in [5, 5.41) is 19.4. The van der Waals surface area contributed by atoms with Crippen LogP contribution in [0.3, 0.4) is 0 Å². The molecule has 0 aliphatic carbocycles. The van der Waals surface area contributed by atoms with Crippen molar-refractivity contribution < 1.29 is 9.72 Å². The molecule has 8 heteroatoms. The normalized spacial score (nSPS) is 18.0. The number of amides is 1. The number of carbonyl (C=O) groups is 1. The number of nitro groups is 1. The lowest BCUT2D eigenvalue weighted by Gasteiger charge is -2.35. The zero-order valence-electron chi connectivity index (χ0n) is 18.7. The maximum atomic E-state index is 14.1. The number of hydrogen-bond donors (Lipinski definition) is 0. The Balaban J connectivity index is 1.62. The quantitative estimate of drug-likeness (QED) is 0.137. The second-order valence-corrected chi connectivity index (χ2v) is 10.3. The maximum Gasteiger partial charge on any atom is 0.269 e. The minimum Gasteiger partial charge on any atom is -0.268 e. The van der Waals surface area contributed by atoms with Gasteiger partial charge in [0.15, 0.2) is 0 Å². The molecule has 0 radical (unpaired) electrons. The molecular weight excluding hydrogens is 573 g/mol. The molecule has 2 atom stereocenters. The lowest BCUT2D eigenvalue weighted by molar-refractivity contribution is -0.384. The first kappa shape index (κ1) is 23.7. The first-order valence-corrected chi connectivity index (χ1v) is 13.2. The van der Waals surface area contributed by atoms with Gasteiger partial charge in [0, 0.05) is 22.2 Å². The van der Waals surface area contributed by atoms with Gasteiger partial charge in [0.1, 0.15) is 0 Å². The minimum atomic E-state index is -0.387. The number of rotatable bonds is 6. The van der Waals surface area contributed by atoms with E-state index in [0.29, 0.717) is 18.5 Å². The maximum absolute atomic E-state index is 14.1. The Hall–Kier alpha value is -3.08. The largest absolute Gasteiger partial charge is 0.269 e. The van der Waals surface area contributed by atoms with Gasteiger partial charge in [0.2, 0.25) is 0 Å². The zero-order chi connectivity index (χ0) is 24.4. The third kappa shape index (κ3) is 4.86. The van der Waals surface area contributed by atoms with Crippen molar-refractivity contribution in [2.24, 2.45) is 0 Å². The molecule has 0 N–H and O–H groups in total. The Morgan fingerprint density at radius 1 is 0.943 bits per heavy atom. The molecule has 6 nitrogen and oxygen atoms in total. The number of halogens is 1. The van der Waals surface area contributed by atoms with E-state index in [1.54, 1.807) is 23.5 Å². The van der Waals surface area contributed by atoms with Crippen LogP contribution in [0.1, 0.15) is 45.6 Å². The second-order valence-electron chi connectivity index (χ2n) is 8.39. The third-order valence-corrected chi connectivity index (χ3v) is 7.96. The van der Waals surface area contributed by atoms with E-state index in [1.165, 1.54) is 0 Å². The monoisotopic (exact) mass is 595 g/mol. The molecule has 3 aromatic carbocycles. The highest BCUT2D eigenvalue weighted by Gasteiger charge is 2.44. The second kappa shape index (κ2) is 10.3. The first-order chi connectivity index (χ1) is 17.0. The van der Waals surface area contributed by atoms with Crippen molar-refractivity contribution in [2.75, 3.05) is 0 Å². The van der Waals surface area contributed by atoms with E-state index in [9.17, 15) is 14.9 Å². The van der Waals surface area contributed by atoms with Gasteiger partial charge in [-0.3, -0.25) is 19.9 Å². The molecule has 2 heterocycles. The highest BCUT2D eigenvalue weighted by atomic mass is 127. The minimum absolute atomic E-state index is 0.0523. The van der Waals surface area contributed by atoms with E-state index in [-0.39, 0.29) is 28.6 Å². The van der Waals surface area contributed by atoms with Gasteiger partial charge in [0.25, 0.3) is 11.6 Å². The molecule has 35 heavy (non-hydrogen) atoms. The molecule has 4 aromatic rings. The van der Waals surface area contributed by atoms with Gasteiger partial charge in [-0.25, -0.2) is 5.01 Å². The number of hydrogen-bond acceptors (Lipinski definition) is 5. The summed E-state index contributed by atoms with van der Waals surface area (Å²) in [6.45, 7) is 0.559. The fourth-order valence-electron chi connectivity index (χ4n) is 4.61. The van der Waals surface area contributed by atoms with Gasteiger partial charge in [-0.15, -0.1) is 0 Å². The summed E-state index contributed by atoms with van der Waals surface area (Å²) in [6.07, 6.45) is 0.682. The van der Waals surface area contributed by atoms with Crippen LogP contribution in [-0.4, -0.2) is 20.8 Å². The zero-order valence-corrected chi connectivity index (χ0v) is 21.6. The summed E-state index contributed by atoms with van der Waals surface area (Å²) >= 11 is 3.84. The van der Waals surface area contributed by atoms with E-state index in [4.69, 9.17) is 0 Å². The molecule has 0 bridgehead atoms. The summed E-state index contributed by atoms with van der Waals surface area (Å²) in [7, 11) is 0. The fraction of sp³-hybridized carbons (Fsp3) is 0.148. The van der Waals surface area contributed by atoms with Crippen LogP contribution in [0.2, 0.25) is 0 Å². The Morgan fingerprint density at radius 2 is 1.63 bits per heavy atom. The van der Waals surface area contributed by atoms with Gasteiger partial charge in [-0.1, -0.05) is 54.6 Å². The summed E-state index contributed by atoms with van der Waals surface area (Å²) < 4.78 is 0.899. The van der Waals surface area contributed by atoms with Crippen LogP contribution >= 0.6 is 33.9 Å². The van der Waals surface area contributed by atoms with Crippen LogP contribution in [0.15, 0.2) is 95.7 Å². The van der Waals surface area contributed by atoms with Gasteiger partial charge in [-0.2, -0.15) is 11.3 Å². The van der Waals surface area contributed by atoms with E-state index >= 15 is 0 Å². The number of benzene rings is 3. The molecule has 1 aliphatic rings. The van der Waals surface area contributed by atoms with E-state index in [0.717, 1.165) is 20.3 Å². The van der Waals surface area contributed by atoms with Crippen molar-refractivity contribution in [3.05, 3.63) is 132 Å². The molecule has 1 fully saturated rings. The Bertz CT molecular complexity index is 1330. The average Bonchev–Trinajstić information content (AvgIpc) is 3.53. The first-order valence-electron chi connectivity index (χ1n) is 11.2. The Labute approximate surface area is 221 Å². The number of carbonyl (C=O) groups excluding carboxylic acids is 1. The SMILES string of the molecule is O=C(c1ccccc1I)N1[C@H](c2ccccc2)C[C@@H](c2ccc([N+](=O)[O-])cc2)N1Cc1ccsc1. The van der Waals surface area contributed by atoms with Crippen LogP contribution in [0.5, 0.6) is 0 Å². The van der Waals surface area contributed by atoms with Crippen LogP contribution in [0.25, 0.3) is 0 Å². The molecule has 0 unspecified atom stereocenters. The molecule has 1 aromatic heterocycles. The van der Waals surface area contributed by atoms with Crippen LogP contribution in [-0.2, 0) is 6.54 Å². The van der Waals surface area contributed by atoms with Crippen LogP contribution in [0.4, 0.5) is 5.69 Å². The van der Waals surface area contributed by atoms with Crippen molar-refractivity contribution >= 4 is 45.5 Å². The highest BCUT2D eigenvalue weighted by molar-refractivity contribution is 14.1. The van der Waals surface area contributed by atoms with Crippen molar-refractivity contribution in [1.29, 1.82) is 0 Å². The van der Waals surface area contributed by atoms with Gasteiger partial charge >= 0.3 is 0 Å². The number of non-ortho nitro benzene ring substituents is 1. The Morgan fingerprint density at radius 3 is 2.29 bits per heavy atom. The number of thiophene rings is 1. The Kier molecular flexibility index (Phi) is 6.94. The van der Waals surface area contributed by atoms with E-state index in [2.05, 4.69) is 51.2 Å². The van der Waals surface area contributed by atoms with E-state index in [1.807, 2.05) is 65.0 Å². The van der Waals surface area contributed by atoms with Gasteiger partial charge in [-0.05, 0) is 74.7 Å². The molecule has 1 amide bonds. The molecule has 1 aliphatic heterocycles. The average molecular weight is 595 g/mol. The predicted octanol–water partition coefficient (Wildman–Crippen LogP) is 7.01. The molecule has 0 saturated carbocycles. The van der Waals surface area contributed by atoms with E-state index < -0.39 is 0 Å². The van der Waals surface area contributed by atoms with Crippen molar-refractivity contribution in [3.63, 3.8) is 0 Å². The number of nitrogens with zero attached hydrogens (tertiary/aromatic N) is 3. The van der Waals surface area contributed by atoms with Crippen LogP contribution in [0, 0.1) is 13.7 Å². The summed E-state index contributed by atoms with van der Waals surface area (Å²) in [5.74, 6) is -0.0523. The topological polar surface area (TPSA) is 66.7 Å².